The van der Waals surface area contributed by atoms with Gasteiger partial charge in [0.15, 0.2) is 0 Å². The van der Waals surface area contributed by atoms with Gasteiger partial charge in [-0.1, -0.05) is 6.08 Å². The molecule has 0 aliphatic carbocycles. The van der Waals surface area contributed by atoms with E-state index in [1.165, 1.54) is 6.08 Å². The highest BCUT2D eigenvalue weighted by Crippen LogP contribution is 2.22. The van der Waals surface area contributed by atoms with E-state index in [0.717, 1.165) is 6.08 Å². The summed E-state index contributed by atoms with van der Waals surface area (Å²) in [5.41, 5.74) is -1.03. The Kier molecular flexibility index (Phi) is 8.37. The van der Waals surface area contributed by atoms with Gasteiger partial charge in [-0.25, -0.2) is 4.79 Å². The summed E-state index contributed by atoms with van der Waals surface area (Å²) in [4.78, 5) is 30.2. The van der Waals surface area contributed by atoms with Gasteiger partial charge in [0, 0.05) is 18.1 Å². The van der Waals surface area contributed by atoms with Crippen molar-refractivity contribution in [2.75, 3.05) is 19.8 Å². The zero-order chi connectivity index (χ0) is 15.6. The summed E-state index contributed by atoms with van der Waals surface area (Å²) in [5.74, 6) is -1.95. The summed E-state index contributed by atoms with van der Waals surface area (Å²) < 4.78 is 4.08. The Hall–Kier alpha value is -1.77. The fourth-order valence-corrected chi connectivity index (χ4v) is 1.30. The number of carbonyl (C=O) groups is 3. The quantitative estimate of drug-likeness (QED) is 0.272. The SMILES string of the molecule is O=C(O)C=CC(CO)(CO)CCO.O=C1CCC(=O)O1. The minimum absolute atomic E-state index is 0.129. The van der Waals surface area contributed by atoms with Crippen LogP contribution in [0, 0.1) is 5.41 Å². The van der Waals surface area contributed by atoms with Crippen molar-refractivity contribution in [2.45, 2.75) is 19.3 Å². The van der Waals surface area contributed by atoms with Gasteiger partial charge in [0.2, 0.25) is 0 Å². The predicted molar refractivity (Wildman–Crippen MR) is 65.4 cm³/mol. The molecule has 1 aliphatic rings. The minimum atomic E-state index is -1.15. The second-order valence-electron chi connectivity index (χ2n) is 4.17. The van der Waals surface area contributed by atoms with Gasteiger partial charge in [0.1, 0.15) is 0 Å². The van der Waals surface area contributed by atoms with Crippen molar-refractivity contribution in [2.24, 2.45) is 5.41 Å². The standard InChI is InChI=1S/C8H14O5.C4H4O3/c9-4-3-8(5-10,6-11)2-1-7(12)13;5-3-1-2-4(6)7-3/h1-2,9-11H,3-6H2,(H,12,13);1-2H2. The lowest BCUT2D eigenvalue weighted by Crippen LogP contribution is -2.29. The molecule has 0 amide bonds. The summed E-state index contributed by atoms with van der Waals surface area (Å²) in [6, 6.07) is 0. The molecule has 0 saturated carbocycles. The number of aliphatic carboxylic acids is 1. The van der Waals surface area contributed by atoms with E-state index in [1.807, 2.05) is 0 Å². The molecule has 0 spiro atoms. The number of hydrogen-bond acceptors (Lipinski definition) is 7. The number of carboxylic acid groups (broad SMARTS) is 1. The normalized spacial score (nSPS) is 14.9. The zero-order valence-electron chi connectivity index (χ0n) is 10.8. The molecular formula is C12H18O8. The summed E-state index contributed by atoms with van der Waals surface area (Å²) >= 11 is 0. The molecule has 20 heavy (non-hydrogen) atoms. The van der Waals surface area contributed by atoms with E-state index in [-0.39, 0.29) is 25.9 Å². The number of carbonyl (C=O) groups excluding carboxylic acids is 2. The van der Waals surface area contributed by atoms with Crippen LogP contribution in [-0.4, -0.2) is 58.2 Å². The van der Waals surface area contributed by atoms with Crippen LogP contribution < -0.4 is 0 Å². The smallest absolute Gasteiger partial charge is 0.327 e. The highest BCUT2D eigenvalue weighted by atomic mass is 16.6. The van der Waals surface area contributed by atoms with Crippen LogP contribution in [0.2, 0.25) is 0 Å². The maximum Gasteiger partial charge on any atom is 0.327 e. The Morgan fingerprint density at radius 2 is 1.65 bits per heavy atom. The maximum atomic E-state index is 10.2. The largest absolute Gasteiger partial charge is 0.478 e. The van der Waals surface area contributed by atoms with Crippen molar-refractivity contribution in [3.63, 3.8) is 0 Å². The molecule has 114 valence electrons. The molecule has 4 N–H and O–H groups in total. The van der Waals surface area contributed by atoms with Crippen molar-refractivity contribution in [1.29, 1.82) is 0 Å². The van der Waals surface area contributed by atoms with Gasteiger partial charge in [0.25, 0.3) is 0 Å². The van der Waals surface area contributed by atoms with Crippen LogP contribution in [0.1, 0.15) is 19.3 Å². The summed E-state index contributed by atoms with van der Waals surface area (Å²) in [6.45, 7) is -1.01. The number of aliphatic hydroxyl groups excluding tert-OH is 3. The molecule has 1 aliphatic heterocycles. The number of rotatable bonds is 6. The van der Waals surface area contributed by atoms with Crippen LogP contribution in [0.15, 0.2) is 12.2 Å². The number of esters is 2. The van der Waals surface area contributed by atoms with Gasteiger partial charge in [-0.2, -0.15) is 0 Å². The topological polar surface area (TPSA) is 141 Å². The van der Waals surface area contributed by atoms with Crippen LogP contribution in [-0.2, 0) is 19.1 Å². The van der Waals surface area contributed by atoms with E-state index >= 15 is 0 Å². The third-order valence-corrected chi connectivity index (χ3v) is 2.58. The van der Waals surface area contributed by atoms with Crippen LogP contribution >= 0.6 is 0 Å². The number of ether oxygens (including phenoxy) is 1. The zero-order valence-corrected chi connectivity index (χ0v) is 10.8. The summed E-state index contributed by atoms with van der Waals surface area (Å²) in [6.07, 6.45) is 2.70. The molecule has 1 heterocycles. The number of cyclic esters (lactones) is 2. The highest BCUT2D eigenvalue weighted by Gasteiger charge is 2.25. The van der Waals surface area contributed by atoms with E-state index in [1.54, 1.807) is 0 Å². The van der Waals surface area contributed by atoms with Gasteiger partial charge >= 0.3 is 17.9 Å². The first-order valence-electron chi connectivity index (χ1n) is 5.87. The second kappa shape index (κ2) is 9.18. The summed E-state index contributed by atoms with van der Waals surface area (Å²) in [5, 5.41) is 34.8. The average Bonchev–Trinajstić information content (AvgIpc) is 2.79. The molecule has 0 aromatic rings. The van der Waals surface area contributed by atoms with Crippen LogP contribution in [0.5, 0.6) is 0 Å². The van der Waals surface area contributed by atoms with Gasteiger partial charge in [-0.05, 0) is 6.42 Å². The van der Waals surface area contributed by atoms with E-state index in [9.17, 15) is 14.4 Å². The van der Waals surface area contributed by atoms with Gasteiger partial charge in [-0.3, -0.25) is 9.59 Å². The van der Waals surface area contributed by atoms with Crippen molar-refractivity contribution in [1.82, 2.24) is 0 Å². The molecule has 8 nitrogen and oxygen atoms in total. The molecule has 0 aromatic carbocycles. The first-order valence-corrected chi connectivity index (χ1v) is 5.87. The number of aliphatic hydroxyl groups is 3. The first kappa shape index (κ1) is 18.2. The molecule has 1 fully saturated rings. The van der Waals surface area contributed by atoms with E-state index in [2.05, 4.69) is 4.74 Å². The molecule has 1 saturated heterocycles. The molecule has 0 aromatic heterocycles. The predicted octanol–water partition coefficient (Wildman–Crippen LogP) is -1.17. The Morgan fingerprint density at radius 3 is 1.90 bits per heavy atom. The van der Waals surface area contributed by atoms with Crippen molar-refractivity contribution >= 4 is 17.9 Å². The van der Waals surface area contributed by atoms with Crippen LogP contribution in [0.25, 0.3) is 0 Å². The fourth-order valence-electron chi connectivity index (χ4n) is 1.30. The average molecular weight is 290 g/mol. The van der Waals surface area contributed by atoms with Crippen LogP contribution in [0.4, 0.5) is 0 Å². The second-order valence-corrected chi connectivity index (χ2v) is 4.17. The van der Waals surface area contributed by atoms with Gasteiger partial charge in [-0.15, -0.1) is 0 Å². The molecule has 0 bridgehead atoms. The third-order valence-electron chi connectivity index (χ3n) is 2.58. The molecular weight excluding hydrogens is 272 g/mol. The van der Waals surface area contributed by atoms with Crippen LogP contribution in [0.3, 0.4) is 0 Å². The van der Waals surface area contributed by atoms with E-state index < -0.39 is 36.5 Å². The van der Waals surface area contributed by atoms with Crippen molar-refractivity contribution in [3.05, 3.63) is 12.2 Å². The minimum Gasteiger partial charge on any atom is -0.478 e. The molecule has 0 radical (unpaired) electrons. The number of carboxylic acids is 1. The lowest BCUT2D eigenvalue weighted by molar-refractivity contribution is -0.152. The highest BCUT2D eigenvalue weighted by molar-refractivity contribution is 5.92. The lowest BCUT2D eigenvalue weighted by atomic mass is 9.86. The van der Waals surface area contributed by atoms with Gasteiger partial charge < -0.3 is 25.2 Å². The van der Waals surface area contributed by atoms with Gasteiger partial charge in [0.05, 0.1) is 26.1 Å². The van der Waals surface area contributed by atoms with Crippen molar-refractivity contribution < 1.29 is 39.5 Å². The monoisotopic (exact) mass is 290 g/mol. The Labute approximate surface area is 115 Å². The van der Waals surface area contributed by atoms with E-state index in [4.69, 9.17) is 20.4 Å². The van der Waals surface area contributed by atoms with E-state index in [0.29, 0.717) is 0 Å². The molecule has 0 atom stereocenters. The maximum absolute atomic E-state index is 10.2. The number of hydrogen-bond donors (Lipinski definition) is 4. The first-order chi connectivity index (χ1) is 9.39. The Balaban J connectivity index is 0.000000428. The Bertz CT molecular complexity index is 356. The Morgan fingerprint density at radius 1 is 1.15 bits per heavy atom. The summed E-state index contributed by atoms with van der Waals surface area (Å²) in [7, 11) is 0. The molecule has 1 rings (SSSR count). The molecule has 0 unspecified atom stereocenters. The lowest BCUT2D eigenvalue weighted by Gasteiger charge is -2.24. The molecule has 8 heteroatoms. The third kappa shape index (κ3) is 6.98. The van der Waals surface area contributed by atoms with Crippen molar-refractivity contribution in [3.8, 4) is 0 Å². The fraction of sp³-hybridized carbons (Fsp3) is 0.583.